The number of hydrogen-bond acceptors (Lipinski definition) is 3. The fraction of sp³-hybridized carbons (Fsp3) is 0.643. The van der Waals surface area contributed by atoms with Gasteiger partial charge in [0.25, 0.3) is 0 Å². The average molecular weight is 331 g/mol. The largest absolute Gasteiger partial charge is 0.370 e. The van der Waals surface area contributed by atoms with Crippen molar-refractivity contribution in [3.05, 3.63) is 20.8 Å². The van der Waals surface area contributed by atoms with Gasteiger partial charge in [-0.1, -0.05) is 26.2 Å². The van der Waals surface area contributed by atoms with Crippen LogP contribution in [-0.4, -0.2) is 18.5 Å². The minimum Gasteiger partial charge on any atom is -0.370 e. The molecule has 0 aromatic carbocycles. The monoisotopic (exact) mass is 330 g/mol. The second-order valence-electron chi connectivity index (χ2n) is 4.89. The summed E-state index contributed by atoms with van der Waals surface area (Å²) in [6.07, 6.45) is 6.29. The minimum absolute atomic E-state index is 0.0931. The molecule has 4 heteroatoms. The van der Waals surface area contributed by atoms with Crippen molar-refractivity contribution in [2.24, 2.45) is 5.92 Å². The summed E-state index contributed by atoms with van der Waals surface area (Å²) >= 11 is 4.86. The maximum atomic E-state index is 12.0. The van der Waals surface area contributed by atoms with Crippen LogP contribution in [0.2, 0.25) is 0 Å². The van der Waals surface area contributed by atoms with Gasteiger partial charge in [0.1, 0.15) is 6.61 Å². The van der Waals surface area contributed by atoms with Gasteiger partial charge in [0.2, 0.25) is 0 Å². The van der Waals surface area contributed by atoms with Crippen LogP contribution in [0, 0.1) is 5.92 Å². The molecule has 0 radical (unpaired) electrons. The number of Topliss-reactive ketones (excluding diaryl/α,β-unsaturated/α-hetero) is 1. The molecule has 1 saturated carbocycles. The van der Waals surface area contributed by atoms with Gasteiger partial charge in [-0.15, -0.1) is 11.3 Å². The average Bonchev–Trinajstić information content (AvgIpc) is 2.82. The van der Waals surface area contributed by atoms with Crippen LogP contribution in [0.4, 0.5) is 0 Å². The Labute approximate surface area is 121 Å². The van der Waals surface area contributed by atoms with E-state index in [1.165, 1.54) is 30.6 Å². The third kappa shape index (κ3) is 3.65. The molecule has 1 aromatic heterocycles. The first-order valence-electron chi connectivity index (χ1n) is 6.58. The van der Waals surface area contributed by atoms with Crippen molar-refractivity contribution in [2.75, 3.05) is 6.61 Å². The maximum absolute atomic E-state index is 12.0. The van der Waals surface area contributed by atoms with Crippen molar-refractivity contribution < 1.29 is 9.53 Å². The lowest BCUT2D eigenvalue weighted by atomic mass is 9.85. The Hall–Kier alpha value is -0.190. The standard InChI is InChI=1S/C14H19BrO2S/c1-2-10-4-3-5-11(8-10)17-9-13(16)14-12(15)6-7-18-14/h6-7,10-11H,2-5,8-9H2,1H3. The molecule has 2 unspecified atom stereocenters. The van der Waals surface area contributed by atoms with E-state index in [1.54, 1.807) is 0 Å². The summed E-state index contributed by atoms with van der Waals surface area (Å²) in [6.45, 7) is 2.46. The molecule has 0 spiro atoms. The van der Waals surface area contributed by atoms with E-state index in [4.69, 9.17) is 4.74 Å². The van der Waals surface area contributed by atoms with Crippen molar-refractivity contribution in [3.63, 3.8) is 0 Å². The number of rotatable bonds is 5. The van der Waals surface area contributed by atoms with Crippen LogP contribution in [0.5, 0.6) is 0 Å². The van der Waals surface area contributed by atoms with Crippen LogP contribution in [0.3, 0.4) is 0 Å². The fourth-order valence-electron chi connectivity index (χ4n) is 2.52. The fourth-order valence-corrected chi connectivity index (χ4v) is 4.04. The van der Waals surface area contributed by atoms with Crippen molar-refractivity contribution in [2.45, 2.75) is 45.1 Å². The first-order valence-corrected chi connectivity index (χ1v) is 8.25. The van der Waals surface area contributed by atoms with Gasteiger partial charge >= 0.3 is 0 Å². The van der Waals surface area contributed by atoms with Crippen molar-refractivity contribution in [1.29, 1.82) is 0 Å². The normalized spacial score (nSPS) is 24.1. The number of ketones is 1. The Morgan fingerprint density at radius 2 is 2.39 bits per heavy atom. The number of hydrogen-bond donors (Lipinski definition) is 0. The number of thiophene rings is 1. The third-order valence-corrected chi connectivity index (χ3v) is 5.51. The zero-order valence-corrected chi connectivity index (χ0v) is 13.1. The summed E-state index contributed by atoms with van der Waals surface area (Å²) in [7, 11) is 0. The molecule has 2 atom stereocenters. The van der Waals surface area contributed by atoms with Gasteiger partial charge in [0, 0.05) is 4.47 Å². The summed E-state index contributed by atoms with van der Waals surface area (Å²) < 4.78 is 6.68. The zero-order valence-electron chi connectivity index (χ0n) is 10.7. The summed E-state index contributed by atoms with van der Waals surface area (Å²) in [5.74, 6) is 0.878. The highest BCUT2D eigenvalue weighted by molar-refractivity contribution is 9.10. The van der Waals surface area contributed by atoms with E-state index in [0.717, 1.165) is 28.1 Å². The number of ether oxygens (including phenoxy) is 1. The quantitative estimate of drug-likeness (QED) is 0.733. The van der Waals surface area contributed by atoms with Crippen LogP contribution in [-0.2, 0) is 4.74 Å². The summed E-state index contributed by atoms with van der Waals surface area (Å²) in [6, 6.07) is 1.91. The topological polar surface area (TPSA) is 26.3 Å². The molecule has 0 aliphatic heterocycles. The molecule has 0 N–H and O–H groups in total. The molecule has 1 aliphatic rings. The Kier molecular flexibility index (Phi) is 5.39. The molecular weight excluding hydrogens is 312 g/mol. The third-order valence-electron chi connectivity index (χ3n) is 3.63. The molecule has 18 heavy (non-hydrogen) atoms. The highest BCUT2D eigenvalue weighted by Gasteiger charge is 2.22. The molecule has 0 bridgehead atoms. The van der Waals surface area contributed by atoms with Gasteiger partial charge < -0.3 is 4.74 Å². The van der Waals surface area contributed by atoms with Crippen LogP contribution < -0.4 is 0 Å². The van der Waals surface area contributed by atoms with Gasteiger partial charge in [-0.2, -0.15) is 0 Å². The summed E-state index contributed by atoms with van der Waals surface area (Å²) in [5.41, 5.74) is 0. The Bertz CT molecular complexity index is 402. The smallest absolute Gasteiger partial charge is 0.199 e. The summed E-state index contributed by atoms with van der Waals surface area (Å²) in [5, 5.41) is 1.92. The van der Waals surface area contributed by atoms with Crippen molar-refractivity contribution >= 4 is 33.0 Å². The zero-order chi connectivity index (χ0) is 13.0. The van der Waals surface area contributed by atoms with Crippen LogP contribution in [0.25, 0.3) is 0 Å². The second kappa shape index (κ2) is 6.83. The molecule has 2 nitrogen and oxygen atoms in total. The van der Waals surface area contributed by atoms with E-state index < -0.39 is 0 Å². The lowest BCUT2D eigenvalue weighted by Gasteiger charge is -2.28. The predicted octanol–water partition coefficient (Wildman–Crippen LogP) is 4.68. The minimum atomic E-state index is 0.0931. The SMILES string of the molecule is CCC1CCCC(OCC(=O)c2sccc2Br)C1. The van der Waals surface area contributed by atoms with Gasteiger partial charge in [-0.25, -0.2) is 0 Å². The van der Waals surface area contributed by atoms with E-state index in [0.29, 0.717) is 0 Å². The highest BCUT2D eigenvalue weighted by atomic mass is 79.9. The molecule has 2 rings (SSSR count). The molecule has 1 heterocycles. The number of carbonyl (C=O) groups excluding carboxylic acids is 1. The van der Waals surface area contributed by atoms with Crippen LogP contribution in [0.1, 0.15) is 48.7 Å². The van der Waals surface area contributed by atoms with Gasteiger partial charge in [0.05, 0.1) is 11.0 Å². The van der Waals surface area contributed by atoms with Gasteiger partial charge in [-0.3, -0.25) is 4.79 Å². The lowest BCUT2D eigenvalue weighted by Crippen LogP contribution is -2.25. The Balaban J connectivity index is 1.81. The molecule has 0 amide bonds. The van der Waals surface area contributed by atoms with E-state index >= 15 is 0 Å². The van der Waals surface area contributed by atoms with Crippen LogP contribution in [0.15, 0.2) is 15.9 Å². The molecule has 0 saturated heterocycles. The Morgan fingerprint density at radius 3 is 3.06 bits per heavy atom. The lowest BCUT2D eigenvalue weighted by molar-refractivity contribution is 0.0158. The van der Waals surface area contributed by atoms with E-state index in [9.17, 15) is 4.79 Å². The van der Waals surface area contributed by atoms with Crippen molar-refractivity contribution in [1.82, 2.24) is 0 Å². The van der Waals surface area contributed by atoms with E-state index in [-0.39, 0.29) is 18.5 Å². The van der Waals surface area contributed by atoms with Crippen molar-refractivity contribution in [3.8, 4) is 0 Å². The molecule has 1 aromatic rings. The van der Waals surface area contributed by atoms with Gasteiger partial charge in [-0.05, 0) is 46.1 Å². The molecule has 1 fully saturated rings. The first kappa shape index (κ1) is 14.2. The molecule has 1 aliphatic carbocycles. The summed E-state index contributed by atoms with van der Waals surface area (Å²) in [4.78, 5) is 12.8. The Morgan fingerprint density at radius 1 is 1.56 bits per heavy atom. The first-order chi connectivity index (χ1) is 8.70. The predicted molar refractivity (Wildman–Crippen MR) is 78.3 cm³/mol. The molecule has 100 valence electrons. The van der Waals surface area contributed by atoms with Crippen LogP contribution >= 0.6 is 27.3 Å². The maximum Gasteiger partial charge on any atom is 0.199 e. The number of carbonyl (C=O) groups is 1. The second-order valence-corrected chi connectivity index (χ2v) is 6.67. The molecular formula is C14H19BrO2S. The van der Waals surface area contributed by atoms with E-state index in [1.807, 2.05) is 11.4 Å². The number of halogens is 1. The van der Waals surface area contributed by atoms with Gasteiger partial charge in [0.15, 0.2) is 5.78 Å². The van der Waals surface area contributed by atoms with E-state index in [2.05, 4.69) is 22.9 Å². The highest BCUT2D eigenvalue weighted by Crippen LogP contribution is 2.29.